The summed E-state index contributed by atoms with van der Waals surface area (Å²) in [6, 6.07) is 15.0. The van der Waals surface area contributed by atoms with Crippen molar-refractivity contribution >= 4 is 11.9 Å². The summed E-state index contributed by atoms with van der Waals surface area (Å²) in [5, 5.41) is 0. The number of aliphatic imine (C=N–C) groups is 1. The van der Waals surface area contributed by atoms with Crippen molar-refractivity contribution in [2.75, 3.05) is 14.2 Å². The smallest absolute Gasteiger partial charge is 0.262 e. The van der Waals surface area contributed by atoms with E-state index in [0.29, 0.717) is 5.96 Å². The number of guanidine groups is 1. The zero-order valence-electron chi connectivity index (χ0n) is 17.9. The first-order valence-electron chi connectivity index (χ1n) is 10.8. The molecule has 2 aliphatic carbocycles. The minimum Gasteiger partial charge on any atom is -0.381 e. The molecule has 156 valence electrons. The van der Waals surface area contributed by atoms with Gasteiger partial charge in [-0.15, -0.1) is 0 Å². The highest BCUT2D eigenvalue weighted by atomic mass is 16.5. The van der Waals surface area contributed by atoms with Crippen molar-refractivity contribution in [3.05, 3.63) is 59.2 Å². The molecule has 1 unspecified atom stereocenters. The molecular formula is C25H29N3O2. The molecule has 1 heterocycles. The summed E-state index contributed by atoms with van der Waals surface area (Å²) in [5.74, 6) is 0.332. The number of rotatable bonds is 2. The van der Waals surface area contributed by atoms with Gasteiger partial charge in [0.1, 0.15) is 0 Å². The third kappa shape index (κ3) is 2.51. The fourth-order valence-electron chi connectivity index (χ4n) is 5.93. The number of carbonyl (C=O) groups excluding carboxylic acids is 1. The fourth-order valence-corrected chi connectivity index (χ4v) is 5.93. The quantitative estimate of drug-likeness (QED) is 0.830. The average Bonchev–Trinajstić information content (AvgIpc) is 3.15. The van der Waals surface area contributed by atoms with Gasteiger partial charge in [0.15, 0.2) is 11.5 Å². The Hall–Kier alpha value is -2.66. The number of ether oxygens (including phenoxy) is 1. The van der Waals surface area contributed by atoms with Gasteiger partial charge in [0.25, 0.3) is 5.91 Å². The maximum atomic E-state index is 13.7. The number of nitrogens with zero attached hydrogens (tertiary/aromatic N) is 2. The van der Waals surface area contributed by atoms with Crippen LogP contribution >= 0.6 is 0 Å². The molecule has 5 rings (SSSR count). The maximum absolute atomic E-state index is 13.7. The van der Waals surface area contributed by atoms with Gasteiger partial charge in [-0.05, 0) is 67.3 Å². The predicted octanol–water partition coefficient (Wildman–Crippen LogP) is 3.78. The van der Waals surface area contributed by atoms with Crippen LogP contribution in [0.4, 0.5) is 0 Å². The van der Waals surface area contributed by atoms with Gasteiger partial charge in [-0.2, -0.15) is 0 Å². The van der Waals surface area contributed by atoms with Crippen LogP contribution in [0.1, 0.15) is 42.4 Å². The summed E-state index contributed by atoms with van der Waals surface area (Å²) in [4.78, 5) is 20.2. The van der Waals surface area contributed by atoms with E-state index in [1.165, 1.54) is 11.1 Å². The number of fused-ring (bicyclic) bond motifs is 3. The van der Waals surface area contributed by atoms with Gasteiger partial charge in [0.05, 0.1) is 6.10 Å². The van der Waals surface area contributed by atoms with E-state index >= 15 is 0 Å². The highest BCUT2D eigenvalue weighted by Crippen LogP contribution is 2.62. The van der Waals surface area contributed by atoms with Crippen molar-refractivity contribution in [3.63, 3.8) is 0 Å². The Balaban J connectivity index is 1.67. The van der Waals surface area contributed by atoms with Gasteiger partial charge >= 0.3 is 0 Å². The number of carbonyl (C=O) groups is 1. The van der Waals surface area contributed by atoms with Crippen LogP contribution in [0, 0.1) is 12.3 Å². The first-order valence-corrected chi connectivity index (χ1v) is 10.8. The first kappa shape index (κ1) is 19.3. The van der Waals surface area contributed by atoms with E-state index in [-0.39, 0.29) is 17.4 Å². The molecule has 2 aromatic rings. The number of nitrogens with two attached hydrogens (primary N) is 1. The van der Waals surface area contributed by atoms with Gasteiger partial charge in [0, 0.05) is 19.6 Å². The van der Waals surface area contributed by atoms with E-state index in [2.05, 4.69) is 49.4 Å². The van der Waals surface area contributed by atoms with Crippen LogP contribution in [0.25, 0.3) is 11.1 Å². The number of hydrogen-bond donors (Lipinski definition) is 1. The normalized spacial score (nSPS) is 30.2. The Bertz CT molecular complexity index is 1050. The molecule has 5 heteroatoms. The molecule has 2 N–H and O–H groups in total. The topological polar surface area (TPSA) is 67.9 Å². The van der Waals surface area contributed by atoms with Crippen LogP contribution in [0.2, 0.25) is 0 Å². The molecule has 0 bridgehead atoms. The van der Waals surface area contributed by atoms with Crippen LogP contribution in [0.15, 0.2) is 47.5 Å². The van der Waals surface area contributed by atoms with Crippen LogP contribution in [-0.4, -0.2) is 37.0 Å². The number of hydrogen-bond acceptors (Lipinski definition) is 4. The first-order chi connectivity index (χ1) is 14.4. The second kappa shape index (κ2) is 6.67. The summed E-state index contributed by atoms with van der Waals surface area (Å²) in [6.07, 6.45) is 4.85. The van der Waals surface area contributed by atoms with Crippen LogP contribution in [-0.2, 0) is 21.5 Å². The summed E-state index contributed by atoms with van der Waals surface area (Å²) in [5.41, 5.74) is 10.8. The molecule has 0 saturated heterocycles. The lowest BCUT2D eigenvalue weighted by Crippen LogP contribution is -2.51. The Morgan fingerprint density at radius 1 is 1.13 bits per heavy atom. The average molecular weight is 404 g/mol. The Labute approximate surface area is 177 Å². The molecule has 1 saturated carbocycles. The molecule has 30 heavy (non-hydrogen) atoms. The predicted molar refractivity (Wildman–Crippen MR) is 118 cm³/mol. The van der Waals surface area contributed by atoms with Crippen molar-refractivity contribution < 1.29 is 9.53 Å². The molecule has 1 amide bonds. The molecule has 1 aliphatic heterocycles. The van der Waals surface area contributed by atoms with E-state index in [1.54, 1.807) is 19.1 Å². The van der Waals surface area contributed by atoms with Gasteiger partial charge < -0.3 is 10.5 Å². The number of benzene rings is 2. The monoisotopic (exact) mass is 403 g/mol. The fraction of sp³-hybridized carbons (Fsp3) is 0.440. The number of methoxy groups -OCH3 is 1. The number of amides is 1. The highest BCUT2D eigenvalue weighted by molar-refractivity contribution is 6.08. The van der Waals surface area contributed by atoms with Gasteiger partial charge in [-0.25, -0.2) is 4.99 Å². The molecule has 0 radical (unpaired) electrons. The summed E-state index contributed by atoms with van der Waals surface area (Å²) < 4.78 is 5.62. The van der Waals surface area contributed by atoms with E-state index in [1.807, 2.05) is 0 Å². The van der Waals surface area contributed by atoms with E-state index in [4.69, 9.17) is 15.5 Å². The minimum absolute atomic E-state index is 0.0102. The zero-order chi connectivity index (χ0) is 21.1. The van der Waals surface area contributed by atoms with Crippen molar-refractivity contribution in [2.24, 2.45) is 16.1 Å². The molecule has 5 nitrogen and oxygen atoms in total. The Morgan fingerprint density at radius 2 is 1.87 bits per heavy atom. The van der Waals surface area contributed by atoms with E-state index < -0.39 is 5.54 Å². The molecule has 2 aromatic carbocycles. The van der Waals surface area contributed by atoms with Crippen LogP contribution in [0.5, 0.6) is 0 Å². The van der Waals surface area contributed by atoms with Crippen molar-refractivity contribution in [2.45, 2.75) is 50.7 Å². The van der Waals surface area contributed by atoms with Crippen LogP contribution in [0.3, 0.4) is 0 Å². The molecule has 0 aromatic heterocycles. The van der Waals surface area contributed by atoms with Gasteiger partial charge in [0.2, 0.25) is 0 Å². The summed E-state index contributed by atoms with van der Waals surface area (Å²) in [7, 11) is 3.52. The largest absolute Gasteiger partial charge is 0.381 e. The summed E-state index contributed by atoms with van der Waals surface area (Å²) >= 11 is 0. The van der Waals surface area contributed by atoms with Gasteiger partial charge in [-0.3, -0.25) is 9.69 Å². The number of aryl methyl sites for hydroxylation is 1. The van der Waals surface area contributed by atoms with E-state index in [0.717, 1.165) is 48.8 Å². The standard InChI is InChI=1S/C25H29N3O2/c1-16-5-4-6-17(13-16)18-7-8-19-15-24(11-9-20(30-3)10-12-24)25(21(19)14-18)22(29)28(2)23(26)27-25/h4-8,13-14,20H,9-12,15H2,1-3H3,(H2,26,27). The minimum atomic E-state index is -0.917. The second-order valence-corrected chi connectivity index (χ2v) is 9.18. The van der Waals surface area contributed by atoms with Gasteiger partial charge in [-0.1, -0.05) is 42.0 Å². The van der Waals surface area contributed by atoms with Crippen LogP contribution < -0.4 is 5.73 Å². The molecule has 2 spiro atoms. The molecular weight excluding hydrogens is 374 g/mol. The lowest BCUT2D eigenvalue weighted by atomic mass is 9.61. The third-order valence-electron chi connectivity index (χ3n) is 7.61. The highest BCUT2D eigenvalue weighted by Gasteiger charge is 2.66. The zero-order valence-corrected chi connectivity index (χ0v) is 17.9. The molecule has 3 aliphatic rings. The van der Waals surface area contributed by atoms with E-state index in [9.17, 15) is 4.79 Å². The van der Waals surface area contributed by atoms with Crippen molar-refractivity contribution in [1.82, 2.24) is 4.90 Å². The number of likely N-dealkylation sites (N-methyl/N-ethyl adjacent to an activating group) is 1. The summed E-state index contributed by atoms with van der Waals surface area (Å²) in [6.45, 7) is 2.10. The maximum Gasteiger partial charge on any atom is 0.262 e. The lowest BCUT2D eigenvalue weighted by molar-refractivity contribution is -0.137. The van der Waals surface area contributed by atoms with Crippen molar-refractivity contribution in [3.8, 4) is 11.1 Å². The molecule has 1 fully saturated rings. The Kier molecular flexibility index (Phi) is 4.30. The molecule has 1 atom stereocenters. The SMILES string of the molecule is COC1CCC2(CC1)Cc1ccc(-c3cccc(C)c3)cc1C21N=C(N)N(C)C1=O. The van der Waals surface area contributed by atoms with Crippen molar-refractivity contribution in [1.29, 1.82) is 0 Å². The second-order valence-electron chi connectivity index (χ2n) is 9.18. The third-order valence-corrected chi connectivity index (χ3v) is 7.61. The lowest BCUT2D eigenvalue weighted by Gasteiger charge is -2.45. The Morgan fingerprint density at radius 3 is 2.50 bits per heavy atom.